The molecular weight excluding hydrogens is 336 g/mol. The molecule has 1 N–H and O–H groups in total. The fraction of sp³-hybridized carbons (Fsp3) is 0.476. The third kappa shape index (κ3) is 3.48. The van der Waals surface area contributed by atoms with Crippen LogP contribution >= 0.6 is 0 Å². The number of aromatic nitrogens is 4. The van der Waals surface area contributed by atoms with Crippen LogP contribution in [-0.4, -0.2) is 32.8 Å². The molecule has 0 unspecified atom stereocenters. The van der Waals surface area contributed by atoms with E-state index >= 15 is 0 Å². The van der Waals surface area contributed by atoms with Crippen molar-refractivity contribution in [1.82, 2.24) is 19.7 Å². The van der Waals surface area contributed by atoms with E-state index in [1.165, 1.54) is 17.5 Å². The number of anilines is 3. The van der Waals surface area contributed by atoms with Crippen molar-refractivity contribution in [2.45, 2.75) is 34.1 Å². The van der Waals surface area contributed by atoms with Crippen LogP contribution in [0.25, 0.3) is 11.0 Å². The lowest BCUT2D eigenvalue weighted by atomic mass is 9.92. The Balaban J connectivity index is 1.77. The predicted octanol–water partition coefficient (Wildman–Crippen LogP) is 4.21. The molecule has 0 amide bonds. The van der Waals surface area contributed by atoms with Gasteiger partial charge in [0, 0.05) is 25.8 Å². The molecule has 1 fully saturated rings. The zero-order valence-corrected chi connectivity index (χ0v) is 16.8. The number of fused-ring (bicyclic) bond motifs is 1. The number of hydrogen-bond acceptors (Lipinski definition) is 5. The van der Waals surface area contributed by atoms with Crippen molar-refractivity contribution in [3.05, 3.63) is 35.5 Å². The Kier molecular flexibility index (Phi) is 4.50. The topological polar surface area (TPSA) is 58.9 Å². The molecule has 1 aliphatic rings. The lowest BCUT2D eigenvalue weighted by molar-refractivity contribution is 0.354. The molecule has 0 radical (unpaired) electrons. The largest absolute Gasteiger partial charge is 0.340 e. The van der Waals surface area contributed by atoms with Gasteiger partial charge in [-0.05, 0) is 43.7 Å². The summed E-state index contributed by atoms with van der Waals surface area (Å²) in [5.41, 5.74) is 4.38. The van der Waals surface area contributed by atoms with Gasteiger partial charge in [0.05, 0.1) is 11.6 Å². The molecule has 1 aromatic carbocycles. The molecule has 0 aliphatic carbocycles. The molecule has 6 nitrogen and oxygen atoms in total. The highest BCUT2D eigenvalue weighted by atomic mass is 15.3. The van der Waals surface area contributed by atoms with Gasteiger partial charge in [-0.1, -0.05) is 31.5 Å². The van der Waals surface area contributed by atoms with Crippen LogP contribution in [0.15, 0.2) is 24.4 Å². The van der Waals surface area contributed by atoms with Crippen molar-refractivity contribution in [2.24, 2.45) is 18.9 Å². The molecule has 27 heavy (non-hydrogen) atoms. The normalized spacial score (nSPS) is 20.3. The van der Waals surface area contributed by atoms with Crippen molar-refractivity contribution >= 4 is 28.5 Å². The predicted molar refractivity (Wildman–Crippen MR) is 111 cm³/mol. The third-order valence-corrected chi connectivity index (χ3v) is 5.37. The monoisotopic (exact) mass is 364 g/mol. The highest BCUT2D eigenvalue weighted by Gasteiger charge is 2.25. The third-order valence-electron chi connectivity index (χ3n) is 5.37. The van der Waals surface area contributed by atoms with Gasteiger partial charge in [0.15, 0.2) is 5.65 Å². The first-order valence-electron chi connectivity index (χ1n) is 9.69. The standard InChI is InChI=1S/C21H28N6/c1-13-6-7-18(16(4)9-13)23-19-17-10-22-26(5)20(17)25-21(24-19)27-11-14(2)8-15(3)12-27/h6-7,9-10,14-15H,8,11-12H2,1-5H3,(H,23,24,25)/t14-,15+. The molecule has 3 heterocycles. The van der Waals surface area contributed by atoms with Crippen molar-refractivity contribution in [3.63, 3.8) is 0 Å². The zero-order valence-electron chi connectivity index (χ0n) is 16.8. The number of hydrogen-bond donors (Lipinski definition) is 1. The number of benzene rings is 1. The van der Waals surface area contributed by atoms with E-state index in [9.17, 15) is 0 Å². The maximum absolute atomic E-state index is 4.92. The van der Waals surface area contributed by atoms with Gasteiger partial charge in [-0.15, -0.1) is 0 Å². The number of nitrogens with zero attached hydrogens (tertiary/aromatic N) is 5. The van der Waals surface area contributed by atoms with Crippen LogP contribution < -0.4 is 10.2 Å². The van der Waals surface area contributed by atoms with E-state index in [-0.39, 0.29) is 0 Å². The molecular formula is C21H28N6. The van der Waals surface area contributed by atoms with Crippen LogP contribution in [0.4, 0.5) is 17.5 Å². The van der Waals surface area contributed by atoms with Gasteiger partial charge < -0.3 is 10.2 Å². The molecule has 0 spiro atoms. The van der Waals surface area contributed by atoms with Gasteiger partial charge >= 0.3 is 0 Å². The smallest absolute Gasteiger partial charge is 0.229 e. The maximum Gasteiger partial charge on any atom is 0.229 e. The SMILES string of the molecule is Cc1ccc(Nc2nc(N3C[C@H](C)C[C@H](C)C3)nc3c2cnn3C)c(C)c1. The minimum absolute atomic E-state index is 0.648. The molecule has 4 rings (SSSR count). The first-order chi connectivity index (χ1) is 12.9. The van der Waals surface area contributed by atoms with Crippen LogP contribution in [-0.2, 0) is 7.05 Å². The Bertz CT molecular complexity index is 966. The van der Waals surface area contributed by atoms with E-state index < -0.39 is 0 Å². The first kappa shape index (κ1) is 17.8. The van der Waals surface area contributed by atoms with Gasteiger partial charge in [0.2, 0.25) is 5.95 Å². The molecule has 0 bridgehead atoms. The first-order valence-corrected chi connectivity index (χ1v) is 9.69. The van der Waals surface area contributed by atoms with E-state index in [2.05, 4.69) is 61.2 Å². The summed E-state index contributed by atoms with van der Waals surface area (Å²) in [6, 6.07) is 6.41. The van der Waals surface area contributed by atoms with Crippen molar-refractivity contribution in [1.29, 1.82) is 0 Å². The Hall–Kier alpha value is -2.63. The summed E-state index contributed by atoms with van der Waals surface area (Å²) in [6.45, 7) is 10.8. The van der Waals surface area contributed by atoms with Crippen LogP contribution in [0.3, 0.4) is 0 Å². The highest BCUT2D eigenvalue weighted by molar-refractivity contribution is 5.89. The summed E-state index contributed by atoms with van der Waals surface area (Å²) in [6.07, 6.45) is 3.10. The summed E-state index contributed by atoms with van der Waals surface area (Å²) >= 11 is 0. The summed E-state index contributed by atoms with van der Waals surface area (Å²) in [5.74, 6) is 2.91. The number of aryl methyl sites for hydroxylation is 3. The summed E-state index contributed by atoms with van der Waals surface area (Å²) < 4.78 is 1.82. The van der Waals surface area contributed by atoms with Gasteiger partial charge in [0.1, 0.15) is 5.82 Å². The molecule has 2 atom stereocenters. The summed E-state index contributed by atoms with van der Waals surface area (Å²) in [7, 11) is 1.93. The zero-order chi connectivity index (χ0) is 19.1. The fourth-order valence-electron chi connectivity index (χ4n) is 4.16. The number of nitrogens with one attached hydrogen (secondary N) is 1. The highest BCUT2D eigenvalue weighted by Crippen LogP contribution is 2.30. The van der Waals surface area contributed by atoms with E-state index in [4.69, 9.17) is 9.97 Å². The van der Waals surface area contributed by atoms with Crippen LogP contribution in [0, 0.1) is 25.7 Å². The second-order valence-corrected chi connectivity index (χ2v) is 8.17. The summed E-state index contributed by atoms with van der Waals surface area (Å²) in [4.78, 5) is 12.1. The molecule has 1 aliphatic heterocycles. The molecule has 3 aromatic rings. The molecule has 142 valence electrons. The Labute approximate surface area is 160 Å². The molecule has 1 saturated heterocycles. The van der Waals surface area contributed by atoms with E-state index in [0.717, 1.165) is 41.6 Å². The Morgan fingerprint density at radius 1 is 1.07 bits per heavy atom. The minimum Gasteiger partial charge on any atom is -0.340 e. The van der Waals surface area contributed by atoms with Crippen molar-refractivity contribution in [3.8, 4) is 0 Å². The lowest BCUT2D eigenvalue weighted by Gasteiger charge is -2.35. The van der Waals surface area contributed by atoms with E-state index in [0.29, 0.717) is 11.8 Å². The molecule has 2 aromatic heterocycles. The van der Waals surface area contributed by atoms with Crippen molar-refractivity contribution in [2.75, 3.05) is 23.3 Å². The van der Waals surface area contributed by atoms with Gasteiger partial charge in [-0.2, -0.15) is 15.1 Å². The van der Waals surface area contributed by atoms with Crippen LogP contribution in [0.5, 0.6) is 0 Å². The van der Waals surface area contributed by atoms with Gasteiger partial charge in [-0.3, -0.25) is 4.68 Å². The molecule has 0 saturated carbocycles. The van der Waals surface area contributed by atoms with Crippen LogP contribution in [0.1, 0.15) is 31.4 Å². The van der Waals surface area contributed by atoms with E-state index in [1.54, 1.807) is 0 Å². The maximum atomic E-state index is 4.92. The summed E-state index contributed by atoms with van der Waals surface area (Å²) in [5, 5.41) is 8.88. The number of piperidine rings is 1. The average Bonchev–Trinajstić information content (AvgIpc) is 2.98. The second-order valence-electron chi connectivity index (χ2n) is 8.17. The fourth-order valence-corrected chi connectivity index (χ4v) is 4.16. The van der Waals surface area contributed by atoms with Crippen LogP contribution in [0.2, 0.25) is 0 Å². The van der Waals surface area contributed by atoms with Gasteiger partial charge in [-0.25, -0.2) is 0 Å². The lowest BCUT2D eigenvalue weighted by Crippen LogP contribution is -2.39. The second kappa shape index (κ2) is 6.83. The number of rotatable bonds is 3. The Morgan fingerprint density at radius 2 is 1.81 bits per heavy atom. The van der Waals surface area contributed by atoms with Crippen molar-refractivity contribution < 1.29 is 0 Å². The average molecular weight is 364 g/mol. The minimum atomic E-state index is 0.648. The van der Waals surface area contributed by atoms with E-state index in [1.807, 2.05) is 17.9 Å². The molecule has 6 heteroatoms. The van der Waals surface area contributed by atoms with Gasteiger partial charge in [0.25, 0.3) is 0 Å². The quantitative estimate of drug-likeness (QED) is 0.754. The Morgan fingerprint density at radius 3 is 2.52 bits per heavy atom.